The second-order valence-corrected chi connectivity index (χ2v) is 14.8. The largest absolute Gasteiger partial charge is 0.394 e. The van der Waals surface area contributed by atoms with Crippen molar-refractivity contribution in [2.24, 2.45) is 0 Å². The average molecular weight is 726 g/mol. The lowest BCUT2D eigenvalue weighted by Crippen LogP contribution is -2.60. The van der Waals surface area contributed by atoms with E-state index in [9.17, 15) is 30.3 Å². The number of amides is 1. The number of carbonyl (C=O) groups is 1. The smallest absolute Gasteiger partial charge is 0.220 e. The fourth-order valence-corrected chi connectivity index (χ4v) is 6.60. The van der Waals surface area contributed by atoms with Crippen LogP contribution in [0.2, 0.25) is 0 Å². The van der Waals surface area contributed by atoms with Crippen molar-refractivity contribution in [3.8, 4) is 0 Å². The van der Waals surface area contributed by atoms with E-state index in [1.54, 1.807) is 0 Å². The molecule has 7 atom stereocenters. The van der Waals surface area contributed by atoms with Crippen molar-refractivity contribution in [2.75, 3.05) is 13.2 Å². The maximum absolute atomic E-state index is 12.9. The minimum absolute atomic E-state index is 0.140. The quantitative estimate of drug-likeness (QED) is 0.0289. The van der Waals surface area contributed by atoms with Gasteiger partial charge in [-0.2, -0.15) is 0 Å². The van der Waals surface area contributed by atoms with Gasteiger partial charge in [-0.15, -0.1) is 0 Å². The Labute approximate surface area is 311 Å². The highest BCUT2D eigenvalue weighted by molar-refractivity contribution is 5.76. The summed E-state index contributed by atoms with van der Waals surface area (Å²) in [7, 11) is 0. The zero-order valence-corrected chi connectivity index (χ0v) is 32.6. The molecule has 0 aromatic rings. The number of ether oxygens (including phenoxy) is 2. The molecule has 9 heteroatoms. The summed E-state index contributed by atoms with van der Waals surface area (Å²) in [6.07, 6.45) is 30.3. The molecule has 0 bridgehead atoms. The third-order valence-corrected chi connectivity index (χ3v) is 10.1. The molecular formula is C42H79NO8. The number of rotatable bonds is 34. The molecule has 1 aliphatic rings. The third-order valence-electron chi connectivity index (χ3n) is 10.1. The lowest BCUT2D eigenvalue weighted by Gasteiger charge is -2.40. The van der Waals surface area contributed by atoms with Crippen LogP contribution in [0, 0.1) is 0 Å². The Morgan fingerprint density at radius 3 is 1.73 bits per heavy atom. The van der Waals surface area contributed by atoms with Crippen LogP contribution in [-0.2, 0) is 14.3 Å². The molecule has 6 N–H and O–H groups in total. The van der Waals surface area contributed by atoms with Crippen LogP contribution in [0.3, 0.4) is 0 Å². The Hall–Kier alpha value is -1.33. The number of allylic oxidation sites excluding steroid dienone is 4. The van der Waals surface area contributed by atoms with Gasteiger partial charge in [-0.25, -0.2) is 0 Å². The van der Waals surface area contributed by atoms with E-state index in [2.05, 4.69) is 43.5 Å². The highest BCUT2D eigenvalue weighted by atomic mass is 16.7. The van der Waals surface area contributed by atoms with Gasteiger partial charge in [0.1, 0.15) is 24.4 Å². The summed E-state index contributed by atoms with van der Waals surface area (Å²) in [5.41, 5.74) is 0. The molecule has 1 rings (SSSR count). The molecule has 0 aromatic heterocycles. The predicted octanol–water partition coefficient (Wildman–Crippen LogP) is 7.94. The molecule has 9 nitrogen and oxygen atoms in total. The van der Waals surface area contributed by atoms with Gasteiger partial charge in [0.2, 0.25) is 5.91 Å². The SMILES string of the molecule is CCCCC/C=C\C/C=C\CCCCCCCCCC(=O)NC(COC1OC(CO)C(O)C(O)C1O)C(O)CCCCCCCCCCCCC. The van der Waals surface area contributed by atoms with Gasteiger partial charge >= 0.3 is 0 Å². The number of nitrogens with one attached hydrogen (secondary N) is 1. The van der Waals surface area contributed by atoms with E-state index in [-0.39, 0.29) is 12.5 Å². The summed E-state index contributed by atoms with van der Waals surface area (Å²) >= 11 is 0. The lowest BCUT2D eigenvalue weighted by molar-refractivity contribution is -0.302. The summed E-state index contributed by atoms with van der Waals surface area (Å²) in [4.78, 5) is 12.9. The number of aliphatic hydroxyl groups excluding tert-OH is 5. The highest BCUT2D eigenvalue weighted by Crippen LogP contribution is 2.23. The van der Waals surface area contributed by atoms with E-state index in [1.165, 1.54) is 103 Å². The minimum atomic E-state index is -1.55. The molecule has 1 fully saturated rings. The molecule has 51 heavy (non-hydrogen) atoms. The first kappa shape index (κ1) is 47.7. The monoisotopic (exact) mass is 726 g/mol. The Bertz CT molecular complexity index is 853. The standard InChI is InChI=1S/C42H79NO8/c1-3-5-7-9-11-13-15-16-17-18-19-20-22-24-26-28-30-32-38(46)43-35(34-50-42-41(49)40(48)39(47)37(33-44)51-42)36(45)31-29-27-25-23-21-14-12-10-8-6-4-2/h11,13,16-17,35-37,39-42,44-45,47-49H,3-10,12,14-15,18-34H2,1-2H3,(H,43,46)/b13-11-,17-16-. The molecule has 0 saturated carbocycles. The summed E-state index contributed by atoms with van der Waals surface area (Å²) in [5, 5.41) is 54.1. The fourth-order valence-electron chi connectivity index (χ4n) is 6.60. The van der Waals surface area contributed by atoms with Crippen molar-refractivity contribution >= 4 is 5.91 Å². The normalized spacial score (nSPS) is 22.2. The molecule has 1 amide bonds. The molecule has 1 aliphatic heterocycles. The van der Waals surface area contributed by atoms with Crippen molar-refractivity contribution < 1.29 is 39.8 Å². The number of carbonyl (C=O) groups excluding carboxylic acids is 1. The Kier molecular flexibility index (Phi) is 31.1. The average Bonchev–Trinajstić information content (AvgIpc) is 3.13. The number of unbranched alkanes of at least 4 members (excludes halogenated alkanes) is 20. The fraction of sp³-hybridized carbons (Fsp3) is 0.881. The molecule has 0 aromatic carbocycles. The van der Waals surface area contributed by atoms with Crippen LogP contribution < -0.4 is 5.32 Å². The van der Waals surface area contributed by atoms with Crippen LogP contribution in [0.5, 0.6) is 0 Å². The van der Waals surface area contributed by atoms with E-state index >= 15 is 0 Å². The Morgan fingerprint density at radius 1 is 0.667 bits per heavy atom. The van der Waals surface area contributed by atoms with E-state index in [0.29, 0.717) is 12.8 Å². The van der Waals surface area contributed by atoms with Gasteiger partial charge in [0, 0.05) is 6.42 Å². The Balaban J connectivity index is 2.36. The molecule has 1 saturated heterocycles. The summed E-state index contributed by atoms with van der Waals surface area (Å²) in [6.45, 7) is 3.78. The van der Waals surface area contributed by atoms with Crippen molar-refractivity contribution in [2.45, 2.75) is 224 Å². The van der Waals surface area contributed by atoms with E-state index < -0.39 is 49.5 Å². The van der Waals surface area contributed by atoms with Crippen LogP contribution in [0.4, 0.5) is 0 Å². The minimum Gasteiger partial charge on any atom is -0.394 e. The number of hydrogen-bond acceptors (Lipinski definition) is 8. The second kappa shape index (κ2) is 33.3. The molecule has 0 radical (unpaired) electrons. The molecule has 300 valence electrons. The van der Waals surface area contributed by atoms with Gasteiger partial charge < -0.3 is 40.3 Å². The van der Waals surface area contributed by atoms with Gasteiger partial charge in [0.15, 0.2) is 6.29 Å². The van der Waals surface area contributed by atoms with Crippen molar-refractivity contribution in [3.63, 3.8) is 0 Å². The highest BCUT2D eigenvalue weighted by Gasteiger charge is 2.44. The molecule has 7 unspecified atom stereocenters. The van der Waals surface area contributed by atoms with Crippen molar-refractivity contribution in [1.29, 1.82) is 0 Å². The van der Waals surface area contributed by atoms with Crippen LogP contribution in [0.25, 0.3) is 0 Å². The summed E-state index contributed by atoms with van der Waals surface area (Å²) in [5.74, 6) is -0.155. The Morgan fingerprint density at radius 2 is 1.16 bits per heavy atom. The summed E-state index contributed by atoms with van der Waals surface area (Å²) in [6, 6.07) is -0.719. The van der Waals surface area contributed by atoms with Crippen molar-refractivity contribution in [1.82, 2.24) is 5.32 Å². The van der Waals surface area contributed by atoms with Crippen LogP contribution in [0.15, 0.2) is 24.3 Å². The van der Waals surface area contributed by atoms with Gasteiger partial charge in [-0.3, -0.25) is 4.79 Å². The number of aliphatic hydroxyl groups is 5. The maximum Gasteiger partial charge on any atom is 0.220 e. The molecule has 0 aliphatic carbocycles. The third kappa shape index (κ3) is 24.6. The van der Waals surface area contributed by atoms with Gasteiger partial charge in [-0.05, 0) is 44.9 Å². The van der Waals surface area contributed by atoms with Crippen LogP contribution in [0.1, 0.15) is 181 Å². The molecular weight excluding hydrogens is 646 g/mol. The maximum atomic E-state index is 12.9. The number of hydrogen-bond donors (Lipinski definition) is 6. The topological polar surface area (TPSA) is 149 Å². The first-order chi connectivity index (χ1) is 24.8. The van der Waals surface area contributed by atoms with E-state index in [0.717, 1.165) is 51.4 Å². The molecule has 0 spiro atoms. The first-order valence-electron chi connectivity index (χ1n) is 21.0. The zero-order valence-electron chi connectivity index (χ0n) is 32.6. The lowest BCUT2D eigenvalue weighted by atomic mass is 9.99. The van der Waals surface area contributed by atoms with Gasteiger partial charge in [-0.1, -0.05) is 154 Å². The summed E-state index contributed by atoms with van der Waals surface area (Å²) < 4.78 is 11.2. The van der Waals surface area contributed by atoms with Crippen LogP contribution in [-0.4, -0.2) is 87.5 Å². The molecule has 1 heterocycles. The first-order valence-corrected chi connectivity index (χ1v) is 21.0. The zero-order chi connectivity index (χ0) is 37.4. The van der Waals surface area contributed by atoms with Crippen LogP contribution >= 0.6 is 0 Å². The van der Waals surface area contributed by atoms with Gasteiger partial charge in [0.05, 0.1) is 25.4 Å². The van der Waals surface area contributed by atoms with Crippen molar-refractivity contribution in [3.05, 3.63) is 24.3 Å². The van der Waals surface area contributed by atoms with E-state index in [1.807, 2.05) is 0 Å². The predicted molar refractivity (Wildman–Crippen MR) is 207 cm³/mol. The van der Waals surface area contributed by atoms with Gasteiger partial charge in [0.25, 0.3) is 0 Å². The second-order valence-electron chi connectivity index (χ2n) is 14.8. The van der Waals surface area contributed by atoms with E-state index in [4.69, 9.17) is 9.47 Å².